The first-order chi connectivity index (χ1) is 11.1. The minimum Gasteiger partial charge on any atom is -0.370 e. The molecule has 2 aromatic rings. The number of ether oxygens (including phenoxy) is 1. The summed E-state index contributed by atoms with van der Waals surface area (Å²) in [5.74, 6) is -0.0774. The number of rotatable bonds is 7. The third-order valence-electron chi connectivity index (χ3n) is 3.71. The molecule has 2 N–H and O–H groups in total. The van der Waals surface area contributed by atoms with Gasteiger partial charge in [-0.05, 0) is 5.56 Å². The average Bonchev–Trinajstić information content (AvgIpc) is 2.59. The number of carbonyl (C=O) groups excluding carboxylic acids is 1. The van der Waals surface area contributed by atoms with Gasteiger partial charge < -0.3 is 10.1 Å². The van der Waals surface area contributed by atoms with Gasteiger partial charge in [0, 0.05) is 24.8 Å². The largest absolute Gasteiger partial charge is 0.370 e. The molecule has 0 saturated heterocycles. The molecule has 0 aliphatic carbocycles. The first-order valence-corrected chi connectivity index (χ1v) is 7.24. The number of likely N-dealkylation sites (N-methyl/N-ethyl adjacent to an activating group) is 1. The van der Waals surface area contributed by atoms with Crippen LogP contribution in [0, 0.1) is 10.1 Å². The summed E-state index contributed by atoms with van der Waals surface area (Å²) >= 11 is 0. The molecule has 2 aromatic carbocycles. The van der Waals surface area contributed by atoms with Gasteiger partial charge in [0.05, 0.1) is 12.0 Å². The van der Waals surface area contributed by atoms with E-state index in [0.29, 0.717) is 11.1 Å². The molecule has 120 valence electrons. The van der Waals surface area contributed by atoms with Crippen LogP contribution in [0.4, 0.5) is 5.69 Å². The number of nitrogens with zero attached hydrogens (tertiary/aromatic N) is 1. The van der Waals surface area contributed by atoms with Gasteiger partial charge in [-0.15, -0.1) is 0 Å². The van der Waals surface area contributed by atoms with Crippen LogP contribution in [-0.2, 0) is 4.74 Å². The summed E-state index contributed by atoms with van der Waals surface area (Å²) in [6, 6.07) is 14.6. The fourth-order valence-corrected chi connectivity index (χ4v) is 2.56. The highest BCUT2D eigenvalue weighted by Crippen LogP contribution is 2.24. The average molecular weight is 315 g/mol. The van der Waals surface area contributed by atoms with E-state index < -0.39 is 17.1 Å². The fourth-order valence-electron chi connectivity index (χ4n) is 2.56. The fraction of sp³-hybridized carbons (Fsp3) is 0.235. The van der Waals surface area contributed by atoms with Gasteiger partial charge in [0.1, 0.15) is 6.10 Å². The molecule has 2 atom stereocenters. The number of methoxy groups -OCH3 is 1. The highest BCUT2D eigenvalue weighted by atomic mass is 16.6. The molecule has 0 unspecified atom stereocenters. The molecule has 0 aliphatic heterocycles. The summed E-state index contributed by atoms with van der Waals surface area (Å²) in [7, 11) is 3.28. The number of carbonyl (C=O) groups is 1. The highest BCUT2D eigenvalue weighted by molar-refractivity contribution is 5.99. The van der Waals surface area contributed by atoms with Gasteiger partial charge in [-0.25, -0.2) is 0 Å². The van der Waals surface area contributed by atoms with Gasteiger partial charge >= 0.3 is 0 Å². The summed E-state index contributed by atoms with van der Waals surface area (Å²) in [5, 5.41) is 12.7. The van der Waals surface area contributed by atoms with E-state index in [-0.39, 0.29) is 11.5 Å². The van der Waals surface area contributed by atoms with Crippen LogP contribution in [0.1, 0.15) is 22.0 Å². The molecule has 23 heavy (non-hydrogen) atoms. The Hall–Kier alpha value is -2.57. The molecule has 0 radical (unpaired) electrons. The van der Waals surface area contributed by atoms with E-state index in [0.717, 1.165) is 0 Å². The second-order valence-corrected chi connectivity index (χ2v) is 5.10. The van der Waals surface area contributed by atoms with Gasteiger partial charge in [0.2, 0.25) is 5.78 Å². The van der Waals surface area contributed by atoms with Crippen molar-refractivity contribution in [3.8, 4) is 0 Å². The maximum atomic E-state index is 12.7. The first-order valence-electron chi connectivity index (χ1n) is 7.24. The Morgan fingerprint density at radius 1 is 1.17 bits per heavy atom. The van der Waals surface area contributed by atoms with Crippen LogP contribution in [0.3, 0.4) is 0 Å². The quantitative estimate of drug-likeness (QED) is 0.479. The third-order valence-corrected chi connectivity index (χ3v) is 3.71. The van der Waals surface area contributed by atoms with Crippen molar-refractivity contribution in [2.45, 2.75) is 12.1 Å². The summed E-state index contributed by atoms with van der Waals surface area (Å²) in [6.07, 6.45) is -0.576. The summed E-state index contributed by atoms with van der Waals surface area (Å²) in [4.78, 5) is 23.2. The Balaban J connectivity index is 2.35. The number of quaternary nitrogens is 1. The molecule has 0 amide bonds. The predicted molar refractivity (Wildman–Crippen MR) is 85.3 cm³/mol. The number of hydrogen-bond donors (Lipinski definition) is 1. The lowest BCUT2D eigenvalue weighted by Crippen LogP contribution is -2.89. The van der Waals surface area contributed by atoms with E-state index in [1.54, 1.807) is 48.8 Å². The summed E-state index contributed by atoms with van der Waals surface area (Å²) < 4.78 is 5.49. The molecule has 0 aromatic heterocycles. The van der Waals surface area contributed by atoms with Crippen molar-refractivity contribution in [1.82, 2.24) is 0 Å². The van der Waals surface area contributed by atoms with Crippen molar-refractivity contribution in [3.05, 3.63) is 75.8 Å². The molecule has 0 fully saturated rings. The van der Waals surface area contributed by atoms with E-state index in [9.17, 15) is 14.9 Å². The zero-order chi connectivity index (χ0) is 16.8. The lowest BCUT2D eigenvalue weighted by Gasteiger charge is -2.22. The lowest BCUT2D eigenvalue weighted by molar-refractivity contribution is -0.657. The second-order valence-electron chi connectivity index (χ2n) is 5.10. The molecule has 0 saturated carbocycles. The lowest BCUT2D eigenvalue weighted by atomic mass is 9.94. The van der Waals surface area contributed by atoms with Crippen molar-refractivity contribution < 1.29 is 19.8 Å². The maximum Gasteiger partial charge on any atom is 0.269 e. The molecule has 0 spiro atoms. The minimum absolute atomic E-state index is 0.0217. The molecular formula is C17H19N2O4+. The zero-order valence-electron chi connectivity index (χ0n) is 13.0. The number of Topliss-reactive ketones (excluding diaryl/α,β-unsaturated/α-hetero) is 1. The van der Waals surface area contributed by atoms with Gasteiger partial charge in [0.25, 0.3) is 5.69 Å². The van der Waals surface area contributed by atoms with E-state index in [4.69, 9.17) is 4.74 Å². The molecular weight excluding hydrogens is 296 g/mol. The zero-order valence-corrected chi connectivity index (χ0v) is 13.0. The number of nitro benzene ring substituents is 1. The monoisotopic (exact) mass is 315 g/mol. The third kappa shape index (κ3) is 3.80. The topological polar surface area (TPSA) is 86.0 Å². The molecule has 2 rings (SSSR count). The Bertz CT molecular complexity index is 688. The Kier molecular flexibility index (Phi) is 5.56. The number of ketones is 1. The smallest absolute Gasteiger partial charge is 0.269 e. The van der Waals surface area contributed by atoms with Crippen LogP contribution in [0.5, 0.6) is 0 Å². The Labute approximate surface area is 134 Å². The number of benzene rings is 2. The second kappa shape index (κ2) is 7.62. The number of nitrogens with two attached hydrogens (primary N) is 1. The Morgan fingerprint density at radius 2 is 1.87 bits per heavy atom. The van der Waals surface area contributed by atoms with Crippen LogP contribution in [0.2, 0.25) is 0 Å². The predicted octanol–water partition coefficient (Wildman–Crippen LogP) is 1.73. The molecule has 0 heterocycles. The van der Waals surface area contributed by atoms with Crippen molar-refractivity contribution in [2.75, 3.05) is 14.2 Å². The highest BCUT2D eigenvalue weighted by Gasteiger charge is 2.33. The molecule has 0 bridgehead atoms. The number of non-ortho nitro benzene ring substituents is 1. The van der Waals surface area contributed by atoms with Gasteiger partial charge in [-0.1, -0.05) is 42.5 Å². The molecule has 6 heteroatoms. The van der Waals surface area contributed by atoms with Crippen molar-refractivity contribution >= 4 is 11.5 Å². The minimum atomic E-state index is -0.576. The Morgan fingerprint density at radius 3 is 2.43 bits per heavy atom. The van der Waals surface area contributed by atoms with Crippen LogP contribution in [0.25, 0.3) is 0 Å². The standard InChI is InChI=1S/C17H18N2O4/c1-18-15(16(20)12-7-4-3-5-8-12)17(23-2)13-9-6-10-14(11-13)19(21)22/h3-11,15,17-18H,1-2H3/p+1/t15-,17-/m0/s1. The van der Waals surface area contributed by atoms with Gasteiger partial charge in [0.15, 0.2) is 6.04 Å². The van der Waals surface area contributed by atoms with E-state index in [1.165, 1.54) is 19.2 Å². The van der Waals surface area contributed by atoms with Crippen molar-refractivity contribution in [3.63, 3.8) is 0 Å². The van der Waals surface area contributed by atoms with Gasteiger partial charge in [-0.3, -0.25) is 14.9 Å². The normalized spacial score (nSPS) is 13.3. The SMILES string of the molecule is C[NH2+][C@@H](C(=O)c1ccccc1)[C@@H](OC)c1cccc([N+](=O)[O-])c1. The number of hydrogen-bond acceptors (Lipinski definition) is 4. The van der Waals surface area contributed by atoms with Crippen molar-refractivity contribution in [2.24, 2.45) is 0 Å². The maximum absolute atomic E-state index is 12.7. The van der Waals surface area contributed by atoms with Crippen LogP contribution in [-0.4, -0.2) is 30.9 Å². The molecule has 6 nitrogen and oxygen atoms in total. The van der Waals surface area contributed by atoms with E-state index in [2.05, 4.69) is 0 Å². The number of nitro groups is 1. The van der Waals surface area contributed by atoms with Crippen molar-refractivity contribution in [1.29, 1.82) is 0 Å². The molecule has 0 aliphatic rings. The van der Waals surface area contributed by atoms with E-state index >= 15 is 0 Å². The van der Waals surface area contributed by atoms with E-state index in [1.807, 2.05) is 6.07 Å². The van der Waals surface area contributed by atoms with Crippen LogP contribution < -0.4 is 5.32 Å². The van der Waals surface area contributed by atoms with Gasteiger partial charge in [-0.2, -0.15) is 0 Å². The summed E-state index contributed by atoms with van der Waals surface area (Å²) in [6.45, 7) is 0. The summed E-state index contributed by atoms with van der Waals surface area (Å²) in [5.41, 5.74) is 1.17. The first kappa shape index (κ1) is 16.8. The van der Waals surface area contributed by atoms with Crippen LogP contribution >= 0.6 is 0 Å². The van der Waals surface area contributed by atoms with Crippen LogP contribution in [0.15, 0.2) is 54.6 Å².